The molecule has 1 N–H and O–H groups in total. The summed E-state index contributed by atoms with van der Waals surface area (Å²) < 4.78 is 17.6. The molecule has 0 atom stereocenters. The molecule has 0 saturated carbocycles. The Labute approximate surface area is 233 Å². The van der Waals surface area contributed by atoms with E-state index in [1.165, 1.54) is 12.1 Å². The summed E-state index contributed by atoms with van der Waals surface area (Å²) in [6.07, 6.45) is 1.39. The van der Waals surface area contributed by atoms with Gasteiger partial charge in [0.05, 0.1) is 35.0 Å². The molecule has 3 aromatic rings. The third kappa shape index (κ3) is 6.10. The number of hydrogen-bond donors (Lipinski definition) is 1. The molecule has 0 radical (unpaired) electrons. The highest BCUT2D eigenvalue weighted by atomic mass is 79.9. The Kier molecular flexibility index (Phi) is 8.63. The summed E-state index contributed by atoms with van der Waals surface area (Å²) in [7, 11) is 0. The molecule has 198 valence electrons. The zero-order valence-corrected chi connectivity index (χ0v) is 22.8. The van der Waals surface area contributed by atoms with Crippen molar-refractivity contribution in [1.82, 2.24) is 5.32 Å². The van der Waals surface area contributed by atoms with Crippen LogP contribution in [0.3, 0.4) is 0 Å². The Bertz CT molecular complexity index is 1510. The zero-order valence-electron chi connectivity index (χ0n) is 21.2. The van der Waals surface area contributed by atoms with E-state index in [0.29, 0.717) is 46.1 Å². The monoisotopic (exact) mass is 589 g/mol. The molecule has 1 aliphatic rings. The maximum Gasteiger partial charge on any atom is 0.336 e. The zero-order chi connectivity index (χ0) is 27.9. The van der Waals surface area contributed by atoms with E-state index < -0.39 is 17.8 Å². The molecule has 1 fully saturated rings. The van der Waals surface area contributed by atoms with Gasteiger partial charge in [-0.15, -0.1) is 0 Å². The number of benzene rings is 3. The maximum atomic E-state index is 13.5. The quantitative estimate of drug-likeness (QED) is 0.263. The minimum atomic E-state index is -0.890. The van der Waals surface area contributed by atoms with Gasteiger partial charge in [-0.1, -0.05) is 24.3 Å². The fourth-order valence-corrected chi connectivity index (χ4v) is 4.39. The minimum absolute atomic E-state index is 0.159. The number of imide groups is 2. The molecular formula is C29H24BrN3O6. The first kappa shape index (κ1) is 27.4. The summed E-state index contributed by atoms with van der Waals surface area (Å²) in [6.45, 7) is 4.46. The van der Waals surface area contributed by atoms with E-state index in [0.717, 1.165) is 10.5 Å². The summed E-state index contributed by atoms with van der Waals surface area (Å²) in [5.74, 6) is -0.376. The van der Waals surface area contributed by atoms with Crippen molar-refractivity contribution >= 4 is 45.5 Å². The molecule has 0 aliphatic carbocycles. The van der Waals surface area contributed by atoms with Crippen molar-refractivity contribution in [3.05, 3.63) is 87.4 Å². The molecule has 1 aliphatic heterocycles. The number of nitrogens with one attached hydrogen (secondary N) is 1. The van der Waals surface area contributed by atoms with Crippen molar-refractivity contribution in [1.29, 1.82) is 5.26 Å². The number of hydrogen-bond acceptors (Lipinski definition) is 7. The fourth-order valence-electron chi connectivity index (χ4n) is 3.88. The predicted octanol–water partition coefficient (Wildman–Crippen LogP) is 5.36. The van der Waals surface area contributed by atoms with Crippen LogP contribution < -0.4 is 24.4 Å². The minimum Gasteiger partial charge on any atom is -0.494 e. The van der Waals surface area contributed by atoms with Crippen molar-refractivity contribution in [3.63, 3.8) is 0 Å². The number of nitriles is 1. The lowest BCUT2D eigenvalue weighted by molar-refractivity contribution is -0.122. The second-order valence-corrected chi connectivity index (χ2v) is 9.06. The fraction of sp³-hybridized carbons (Fsp3) is 0.172. The Balaban J connectivity index is 1.62. The molecule has 9 nitrogen and oxygen atoms in total. The number of halogens is 1. The Morgan fingerprint density at radius 1 is 0.949 bits per heavy atom. The van der Waals surface area contributed by atoms with Crippen molar-refractivity contribution in [2.45, 2.75) is 20.5 Å². The highest BCUT2D eigenvalue weighted by Crippen LogP contribution is 2.35. The van der Waals surface area contributed by atoms with E-state index in [-0.39, 0.29) is 17.9 Å². The standard InChI is InChI=1S/C29H24BrN3O6/c1-3-37-21-10-12-26(38-4-2)24(15-21)33-28(35)22(27(34)32-29(33)36)13-18-9-11-25(23(30)14-18)39-17-20-8-6-5-7-19(20)16-31/h5-15H,3-4,17H2,1-2H3,(H,32,34,36)/b22-13+. The second kappa shape index (κ2) is 12.3. The van der Waals surface area contributed by atoms with Gasteiger partial charge in [0.2, 0.25) is 0 Å². The lowest BCUT2D eigenvalue weighted by Gasteiger charge is -2.28. The van der Waals surface area contributed by atoms with Crippen molar-refractivity contribution < 1.29 is 28.6 Å². The molecular weight excluding hydrogens is 566 g/mol. The van der Waals surface area contributed by atoms with Gasteiger partial charge in [-0.2, -0.15) is 5.26 Å². The first-order valence-corrected chi connectivity index (χ1v) is 12.9. The molecule has 3 aromatic carbocycles. The van der Waals surface area contributed by atoms with E-state index >= 15 is 0 Å². The smallest absolute Gasteiger partial charge is 0.336 e. The summed E-state index contributed by atoms with van der Waals surface area (Å²) in [5.41, 5.74) is 1.71. The van der Waals surface area contributed by atoms with Crippen LogP contribution in [0.1, 0.15) is 30.5 Å². The van der Waals surface area contributed by atoms with Crippen LogP contribution in [-0.2, 0) is 16.2 Å². The lowest BCUT2D eigenvalue weighted by Crippen LogP contribution is -2.54. The number of urea groups is 1. The van der Waals surface area contributed by atoms with Crippen LogP contribution in [0.5, 0.6) is 17.2 Å². The van der Waals surface area contributed by atoms with Gasteiger partial charge in [-0.25, -0.2) is 9.69 Å². The highest BCUT2D eigenvalue weighted by Gasteiger charge is 2.38. The molecule has 10 heteroatoms. The van der Waals surface area contributed by atoms with E-state index in [1.54, 1.807) is 49.4 Å². The van der Waals surface area contributed by atoms with Gasteiger partial charge in [0.15, 0.2) is 0 Å². The largest absolute Gasteiger partial charge is 0.494 e. The molecule has 1 saturated heterocycles. The van der Waals surface area contributed by atoms with Crippen LogP contribution in [0.25, 0.3) is 6.08 Å². The third-order valence-electron chi connectivity index (χ3n) is 5.67. The van der Waals surface area contributed by atoms with Gasteiger partial charge < -0.3 is 14.2 Å². The molecule has 1 heterocycles. The van der Waals surface area contributed by atoms with E-state index in [1.807, 2.05) is 19.1 Å². The third-order valence-corrected chi connectivity index (χ3v) is 6.29. The van der Waals surface area contributed by atoms with Crippen LogP contribution >= 0.6 is 15.9 Å². The predicted molar refractivity (Wildman–Crippen MR) is 147 cm³/mol. The highest BCUT2D eigenvalue weighted by molar-refractivity contribution is 9.10. The molecule has 0 aromatic heterocycles. The maximum absolute atomic E-state index is 13.5. The van der Waals surface area contributed by atoms with Crippen molar-refractivity contribution in [3.8, 4) is 23.3 Å². The van der Waals surface area contributed by atoms with Crippen molar-refractivity contribution in [2.75, 3.05) is 18.1 Å². The van der Waals surface area contributed by atoms with Crippen LogP contribution in [0.4, 0.5) is 10.5 Å². The first-order chi connectivity index (χ1) is 18.9. The number of rotatable bonds is 9. The van der Waals surface area contributed by atoms with Crippen LogP contribution in [0, 0.1) is 11.3 Å². The Morgan fingerprint density at radius 3 is 2.41 bits per heavy atom. The average molecular weight is 590 g/mol. The number of amides is 4. The van der Waals surface area contributed by atoms with Gasteiger partial charge in [0.1, 0.15) is 29.4 Å². The van der Waals surface area contributed by atoms with Crippen LogP contribution in [-0.4, -0.2) is 31.1 Å². The molecule has 39 heavy (non-hydrogen) atoms. The molecule has 4 amide bonds. The van der Waals surface area contributed by atoms with E-state index in [2.05, 4.69) is 27.3 Å². The number of nitrogens with zero attached hydrogens (tertiary/aromatic N) is 2. The number of carbonyl (C=O) groups is 3. The van der Waals surface area contributed by atoms with Gasteiger partial charge in [-0.05, 0) is 71.7 Å². The normalized spacial score (nSPS) is 14.2. The molecule has 4 rings (SSSR count). The van der Waals surface area contributed by atoms with Crippen LogP contribution in [0.2, 0.25) is 0 Å². The van der Waals surface area contributed by atoms with Crippen LogP contribution in [0.15, 0.2) is 70.7 Å². The molecule has 0 bridgehead atoms. The van der Waals surface area contributed by atoms with Crippen molar-refractivity contribution in [2.24, 2.45) is 0 Å². The van der Waals surface area contributed by atoms with Gasteiger partial charge in [-0.3, -0.25) is 14.9 Å². The topological polar surface area (TPSA) is 118 Å². The Morgan fingerprint density at radius 2 is 1.69 bits per heavy atom. The van der Waals surface area contributed by atoms with E-state index in [4.69, 9.17) is 14.2 Å². The SMILES string of the molecule is CCOc1ccc(OCC)c(N2C(=O)NC(=O)/C(=C\c3ccc(OCc4ccccc4C#N)c(Br)c3)C2=O)c1. The average Bonchev–Trinajstić information content (AvgIpc) is 2.92. The van der Waals surface area contributed by atoms with Gasteiger partial charge in [0.25, 0.3) is 11.8 Å². The first-order valence-electron chi connectivity index (χ1n) is 12.1. The number of anilines is 1. The number of carbonyl (C=O) groups excluding carboxylic acids is 3. The molecule has 0 unspecified atom stereocenters. The second-order valence-electron chi connectivity index (χ2n) is 8.20. The lowest BCUT2D eigenvalue weighted by atomic mass is 10.1. The summed E-state index contributed by atoms with van der Waals surface area (Å²) in [6, 6.07) is 18.2. The van der Waals surface area contributed by atoms with Gasteiger partial charge >= 0.3 is 6.03 Å². The summed E-state index contributed by atoms with van der Waals surface area (Å²) in [4.78, 5) is 39.8. The number of barbiturate groups is 1. The Hall–Kier alpha value is -4.62. The molecule has 0 spiro atoms. The van der Waals surface area contributed by atoms with Gasteiger partial charge in [0, 0.05) is 11.6 Å². The number of ether oxygens (including phenoxy) is 3. The summed E-state index contributed by atoms with van der Waals surface area (Å²) in [5, 5.41) is 11.5. The summed E-state index contributed by atoms with van der Waals surface area (Å²) >= 11 is 3.46. The van der Waals surface area contributed by atoms with E-state index in [9.17, 15) is 19.6 Å².